The van der Waals surface area contributed by atoms with Crippen molar-refractivity contribution in [3.8, 4) is 0 Å². The number of carbonyl (C=O) groups excluding carboxylic acids is 1. The van der Waals surface area contributed by atoms with Gasteiger partial charge in [0.2, 0.25) is 5.91 Å². The summed E-state index contributed by atoms with van der Waals surface area (Å²) in [5.41, 5.74) is 2.28. The summed E-state index contributed by atoms with van der Waals surface area (Å²) < 4.78 is 5.58. The van der Waals surface area contributed by atoms with Crippen LogP contribution in [0.3, 0.4) is 0 Å². The van der Waals surface area contributed by atoms with Crippen molar-refractivity contribution in [1.29, 1.82) is 0 Å². The number of guanidine groups is 1. The van der Waals surface area contributed by atoms with Gasteiger partial charge in [-0.1, -0.05) is 31.4 Å². The van der Waals surface area contributed by atoms with Crippen molar-refractivity contribution in [1.82, 2.24) is 15.5 Å². The Balaban J connectivity index is 1.48. The molecule has 0 bridgehead atoms. The topological polar surface area (TPSA) is 78.0 Å². The Morgan fingerprint density at radius 3 is 2.43 bits per heavy atom. The minimum absolute atomic E-state index is 0.0490. The number of nitrogens with one attached hydrogen (secondary N) is 3. The molecule has 1 aromatic carbocycles. The van der Waals surface area contributed by atoms with Crippen LogP contribution in [0.15, 0.2) is 29.3 Å². The first-order valence-corrected chi connectivity index (χ1v) is 11.3. The van der Waals surface area contributed by atoms with E-state index >= 15 is 0 Å². The SMILES string of the molecule is CN=C(NCCc1ccc(NC(C)=O)cc1)NCC1(N2CCOCC2)CCCCC1. The van der Waals surface area contributed by atoms with E-state index in [1.165, 1.54) is 44.6 Å². The maximum Gasteiger partial charge on any atom is 0.221 e. The van der Waals surface area contributed by atoms with Crippen LogP contribution in [-0.4, -0.2) is 68.7 Å². The van der Waals surface area contributed by atoms with Crippen molar-refractivity contribution in [2.24, 2.45) is 4.99 Å². The second-order valence-corrected chi connectivity index (χ2v) is 8.37. The largest absolute Gasteiger partial charge is 0.379 e. The number of rotatable bonds is 7. The highest BCUT2D eigenvalue weighted by Crippen LogP contribution is 2.33. The lowest BCUT2D eigenvalue weighted by atomic mass is 9.80. The monoisotopic (exact) mass is 415 g/mol. The number of aliphatic imine (C=N–C) groups is 1. The third-order valence-corrected chi connectivity index (χ3v) is 6.26. The van der Waals surface area contributed by atoms with Crippen LogP contribution in [0, 0.1) is 0 Å². The van der Waals surface area contributed by atoms with Crippen LogP contribution in [-0.2, 0) is 16.0 Å². The van der Waals surface area contributed by atoms with Crippen LogP contribution in [0.4, 0.5) is 5.69 Å². The number of hydrogen-bond acceptors (Lipinski definition) is 4. The molecule has 7 nitrogen and oxygen atoms in total. The van der Waals surface area contributed by atoms with Gasteiger partial charge in [0.15, 0.2) is 5.96 Å². The molecule has 3 N–H and O–H groups in total. The third-order valence-electron chi connectivity index (χ3n) is 6.26. The minimum Gasteiger partial charge on any atom is -0.379 e. The predicted octanol–water partition coefficient (Wildman–Crippen LogP) is 2.39. The van der Waals surface area contributed by atoms with Crippen LogP contribution in [0.2, 0.25) is 0 Å². The van der Waals surface area contributed by atoms with Crippen molar-refractivity contribution >= 4 is 17.6 Å². The fourth-order valence-electron chi connectivity index (χ4n) is 4.60. The van der Waals surface area contributed by atoms with E-state index in [4.69, 9.17) is 4.74 Å². The second-order valence-electron chi connectivity index (χ2n) is 8.37. The number of ether oxygens (including phenoxy) is 1. The maximum atomic E-state index is 11.1. The van der Waals surface area contributed by atoms with E-state index in [-0.39, 0.29) is 11.4 Å². The molecule has 30 heavy (non-hydrogen) atoms. The summed E-state index contributed by atoms with van der Waals surface area (Å²) in [6.45, 7) is 7.00. The molecule has 7 heteroatoms. The lowest BCUT2D eigenvalue weighted by molar-refractivity contribution is -0.114. The van der Waals surface area contributed by atoms with Crippen LogP contribution < -0.4 is 16.0 Å². The maximum absolute atomic E-state index is 11.1. The average molecular weight is 416 g/mol. The van der Waals surface area contributed by atoms with Gasteiger partial charge in [-0.25, -0.2) is 0 Å². The van der Waals surface area contributed by atoms with Crippen LogP contribution >= 0.6 is 0 Å². The molecule has 1 saturated heterocycles. The molecular weight excluding hydrogens is 378 g/mol. The van der Waals surface area contributed by atoms with Crippen molar-refractivity contribution in [3.63, 3.8) is 0 Å². The molecule has 1 aliphatic carbocycles. The zero-order chi connectivity index (χ0) is 21.2. The first-order valence-electron chi connectivity index (χ1n) is 11.3. The minimum atomic E-state index is -0.0490. The van der Waals surface area contributed by atoms with Crippen molar-refractivity contribution in [2.75, 3.05) is 51.8 Å². The van der Waals surface area contributed by atoms with Crippen LogP contribution in [0.25, 0.3) is 0 Å². The fraction of sp³-hybridized carbons (Fsp3) is 0.652. The fourth-order valence-corrected chi connectivity index (χ4v) is 4.60. The summed E-state index contributed by atoms with van der Waals surface area (Å²) in [7, 11) is 1.83. The van der Waals surface area contributed by atoms with Gasteiger partial charge in [0.05, 0.1) is 13.2 Å². The Hall–Kier alpha value is -2.12. The highest BCUT2D eigenvalue weighted by molar-refractivity contribution is 5.88. The van der Waals surface area contributed by atoms with E-state index in [0.29, 0.717) is 0 Å². The van der Waals surface area contributed by atoms with E-state index in [9.17, 15) is 4.79 Å². The van der Waals surface area contributed by atoms with Crippen LogP contribution in [0.1, 0.15) is 44.6 Å². The van der Waals surface area contributed by atoms with E-state index in [1.54, 1.807) is 0 Å². The average Bonchev–Trinajstić information content (AvgIpc) is 2.78. The molecule has 0 aromatic heterocycles. The van der Waals surface area contributed by atoms with Crippen molar-refractivity contribution < 1.29 is 9.53 Å². The molecule has 166 valence electrons. The molecule has 3 rings (SSSR count). The molecule has 2 aliphatic rings. The second kappa shape index (κ2) is 11.3. The van der Waals surface area contributed by atoms with Gasteiger partial charge in [0, 0.05) is 51.4 Å². The molecule has 0 radical (unpaired) electrons. The number of carbonyl (C=O) groups is 1. The molecule has 1 saturated carbocycles. The smallest absolute Gasteiger partial charge is 0.221 e. The van der Waals surface area contributed by atoms with Crippen molar-refractivity contribution in [3.05, 3.63) is 29.8 Å². The standard InChI is InChI=1S/C23H37N5O2/c1-19(29)27-21-8-6-20(7-9-21)10-13-25-22(24-2)26-18-23(11-4-3-5-12-23)28-14-16-30-17-15-28/h6-9H,3-5,10-18H2,1-2H3,(H,27,29)(H2,24,25,26). The molecular formula is C23H37N5O2. The van der Waals surface area contributed by atoms with Gasteiger partial charge in [-0.15, -0.1) is 0 Å². The Morgan fingerprint density at radius 2 is 1.80 bits per heavy atom. The summed E-state index contributed by atoms with van der Waals surface area (Å²) in [5, 5.41) is 9.85. The summed E-state index contributed by atoms with van der Waals surface area (Å²) in [4.78, 5) is 18.2. The van der Waals surface area contributed by atoms with Crippen molar-refractivity contribution in [2.45, 2.75) is 51.0 Å². The van der Waals surface area contributed by atoms with Gasteiger partial charge in [-0.2, -0.15) is 0 Å². The third kappa shape index (κ3) is 6.44. The molecule has 0 unspecified atom stereocenters. The number of anilines is 1. The number of morpholine rings is 1. The van der Waals surface area contributed by atoms with E-state index < -0.39 is 0 Å². The predicted molar refractivity (Wildman–Crippen MR) is 122 cm³/mol. The molecule has 1 aliphatic heterocycles. The normalized spacial score (nSPS) is 19.9. The van der Waals surface area contributed by atoms with Crippen LogP contribution in [0.5, 0.6) is 0 Å². The number of nitrogens with zero attached hydrogens (tertiary/aromatic N) is 2. The Kier molecular flexibility index (Phi) is 8.51. The summed E-state index contributed by atoms with van der Waals surface area (Å²) in [6.07, 6.45) is 7.35. The molecule has 0 atom stereocenters. The summed E-state index contributed by atoms with van der Waals surface area (Å²) >= 11 is 0. The molecule has 1 heterocycles. The zero-order valence-electron chi connectivity index (χ0n) is 18.5. The lowest BCUT2D eigenvalue weighted by Gasteiger charge is -2.48. The highest BCUT2D eigenvalue weighted by Gasteiger charge is 2.38. The van der Waals surface area contributed by atoms with Gasteiger partial charge in [0.1, 0.15) is 0 Å². The van der Waals surface area contributed by atoms with E-state index in [1.807, 2.05) is 19.2 Å². The Morgan fingerprint density at radius 1 is 1.10 bits per heavy atom. The van der Waals surface area contributed by atoms with E-state index in [0.717, 1.165) is 57.5 Å². The zero-order valence-corrected chi connectivity index (χ0v) is 18.5. The van der Waals surface area contributed by atoms with Gasteiger partial charge < -0.3 is 20.7 Å². The van der Waals surface area contributed by atoms with E-state index in [2.05, 4.69) is 38.0 Å². The van der Waals surface area contributed by atoms with Gasteiger partial charge in [-0.3, -0.25) is 14.7 Å². The molecule has 1 aromatic rings. The highest BCUT2D eigenvalue weighted by atomic mass is 16.5. The van der Waals surface area contributed by atoms with Gasteiger partial charge in [0.25, 0.3) is 0 Å². The molecule has 0 spiro atoms. The Labute approximate surface area is 180 Å². The number of hydrogen-bond donors (Lipinski definition) is 3. The molecule has 1 amide bonds. The number of benzene rings is 1. The van der Waals surface area contributed by atoms with Gasteiger partial charge in [-0.05, 0) is 37.0 Å². The Bertz CT molecular complexity index is 692. The lowest BCUT2D eigenvalue weighted by Crippen LogP contribution is -2.60. The first-order chi connectivity index (χ1) is 14.6. The summed E-state index contributed by atoms with van der Waals surface area (Å²) in [5.74, 6) is 0.815. The molecule has 2 fully saturated rings. The van der Waals surface area contributed by atoms with Gasteiger partial charge >= 0.3 is 0 Å². The quantitative estimate of drug-likeness (QED) is 0.471. The summed E-state index contributed by atoms with van der Waals surface area (Å²) in [6, 6.07) is 8.00. The number of amides is 1. The first kappa shape index (κ1) is 22.6.